The number of rotatable bonds is 8. The predicted octanol–water partition coefficient (Wildman–Crippen LogP) is 2.84. The van der Waals surface area contributed by atoms with Gasteiger partial charge in [0.1, 0.15) is 0 Å². The summed E-state index contributed by atoms with van der Waals surface area (Å²) in [6.07, 6.45) is 1.91. The van der Waals surface area contributed by atoms with Gasteiger partial charge in [0, 0.05) is 24.4 Å². The summed E-state index contributed by atoms with van der Waals surface area (Å²) in [5.74, 6) is 0.981. The van der Waals surface area contributed by atoms with Crippen LogP contribution in [-0.4, -0.2) is 40.7 Å². The Labute approximate surface area is 136 Å². The highest BCUT2D eigenvalue weighted by molar-refractivity contribution is 7.89. The number of hydrogen-bond donors (Lipinski definition) is 1. The van der Waals surface area contributed by atoms with Crippen LogP contribution in [0.25, 0.3) is 0 Å². The molecule has 2 rings (SSSR count). The first-order chi connectivity index (χ1) is 10.3. The summed E-state index contributed by atoms with van der Waals surface area (Å²) in [7, 11) is -1.27. The van der Waals surface area contributed by atoms with Gasteiger partial charge in [0.15, 0.2) is 6.29 Å². The zero-order chi connectivity index (χ0) is 16.5. The molecule has 128 valence electrons. The van der Waals surface area contributed by atoms with Crippen LogP contribution in [0.4, 0.5) is 0 Å². The molecular weight excluding hydrogens is 300 g/mol. The monoisotopic (exact) mass is 330 g/mol. The van der Waals surface area contributed by atoms with Crippen LogP contribution in [0.3, 0.4) is 0 Å². The van der Waals surface area contributed by atoms with Crippen molar-refractivity contribution in [3.63, 3.8) is 0 Å². The van der Waals surface area contributed by atoms with Gasteiger partial charge in [0.05, 0.1) is 21.8 Å². The molecule has 0 spiro atoms. The summed E-state index contributed by atoms with van der Waals surface area (Å²) in [6, 6.07) is 0. The largest absolute Gasteiger partial charge is 0.392 e. The maximum Gasteiger partial charge on any atom is 0.191 e. The van der Waals surface area contributed by atoms with Crippen molar-refractivity contribution in [1.82, 2.24) is 0 Å². The van der Waals surface area contributed by atoms with Crippen molar-refractivity contribution in [2.75, 3.05) is 19.0 Å². The van der Waals surface area contributed by atoms with Gasteiger partial charge in [-0.1, -0.05) is 20.4 Å². The molecule has 5 heteroatoms. The first-order valence-corrected chi connectivity index (χ1v) is 9.60. The van der Waals surface area contributed by atoms with Gasteiger partial charge >= 0.3 is 0 Å². The minimum Gasteiger partial charge on any atom is -0.392 e. The third-order valence-corrected chi connectivity index (χ3v) is 7.52. The van der Waals surface area contributed by atoms with E-state index >= 15 is 0 Å². The molecule has 0 amide bonds. The molecule has 2 aliphatic carbocycles. The molecule has 1 N–H and O–H groups in total. The molecule has 4 nitrogen and oxygen atoms in total. The average Bonchev–Trinajstić information content (AvgIpc) is 2.80. The molecule has 2 fully saturated rings. The van der Waals surface area contributed by atoms with Gasteiger partial charge in [-0.2, -0.15) is 0 Å². The van der Waals surface area contributed by atoms with Crippen LogP contribution in [0.5, 0.6) is 0 Å². The quantitative estimate of drug-likeness (QED) is 0.695. The fraction of sp³-hybridized carbons (Fsp3) is 0.882. The van der Waals surface area contributed by atoms with E-state index in [1.54, 1.807) is 0 Å². The van der Waals surface area contributed by atoms with Crippen molar-refractivity contribution in [2.24, 2.45) is 16.7 Å². The Morgan fingerprint density at radius 1 is 1.36 bits per heavy atom. The molecular formula is C17H30O4S. The highest BCUT2D eigenvalue weighted by Gasteiger charge is 2.64. The van der Waals surface area contributed by atoms with Crippen LogP contribution >= 0.6 is 0 Å². The van der Waals surface area contributed by atoms with Crippen molar-refractivity contribution in [1.29, 1.82) is 0 Å². The first-order valence-electron chi connectivity index (χ1n) is 8.28. The van der Waals surface area contributed by atoms with Crippen LogP contribution in [0.15, 0.2) is 11.5 Å². The van der Waals surface area contributed by atoms with Gasteiger partial charge in [-0.3, -0.25) is 4.21 Å². The van der Waals surface area contributed by atoms with Crippen LogP contribution in [0.2, 0.25) is 0 Å². The zero-order valence-corrected chi connectivity index (χ0v) is 15.1. The molecule has 0 aliphatic heterocycles. The lowest BCUT2D eigenvalue weighted by Crippen LogP contribution is -2.44. The molecule has 4 atom stereocenters. The van der Waals surface area contributed by atoms with Gasteiger partial charge in [-0.05, 0) is 44.4 Å². The zero-order valence-electron chi connectivity index (χ0n) is 14.3. The van der Waals surface area contributed by atoms with Crippen molar-refractivity contribution < 1.29 is 18.8 Å². The third-order valence-electron chi connectivity index (χ3n) is 5.97. The fourth-order valence-electron chi connectivity index (χ4n) is 4.35. The molecule has 0 aromatic heterocycles. The minimum absolute atomic E-state index is 0.0229. The second kappa shape index (κ2) is 6.71. The van der Waals surface area contributed by atoms with E-state index in [1.165, 1.54) is 0 Å². The van der Waals surface area contributed by atoms with Crippen LogP contribution in [0.1, 0.15) is 47.0 Å². The summed E-state index contributed by atoms with van der Waals surface area (Å²) < 4.78 is 23.9. The van der Waals surface area contributed by atoms with E-state index in [1.807, 2.05) is 13.8 Å². The lowest BCUT2D eigenvalue weighted by molar-refractivity contribution is -0.106. The van der Waals surface area contributed by atoms with E-state index in [2.05, 4.69) is 20.4 Å². The number of aliphatic hydroxyl groups excluding tert-OH is 1. The van der Waals surface area contributed by atoms with Gasteiger partial charge in [-0.15, -0.1) is 0 Å². The van der Waals surface area contributed by atoms with Crippen molar-refractivity contribution in [3.8, 4) is 0 Å². The lowest BCUT2D eigenvalue weighted by atomic mass is 9.70. The Hall–Kier alpha value is -0.230. The summed E-state index contributed by atoms with van der Waals surface area (Å²) in [4.78, 5) is 0.483. The Morgan fingerprint density at radius 2 is 1.95 bits per heavy atom. The topological polar surface area (TPSA) is 55.8 Å². The molecule has 2 saturated carbocycles. The van der Waals surface area contributed by atoms with Gasteiger partial charge in [0.25, 0.3) is 0 Å². The molecule has 22 heavy (non-hydrogen) atoms. The number of hydrogen-bond acceptors (Lipinski definition) is 4. The molecule has 1 unspecified atom stereocenters. The highest BCUT2D eigenvalue weighted by atomic mass is 32.2. The van der Waals surface area contributed by atoms with E-state index in [0.29, 0.717) is 29.8 Å². The van der Waals surface area contributed by atoms with Crippen LogP contribution in [0, 0.1) is 16.7 Å². The number of fused-ring (bicyclic) bond motifs is 2. The molecule has 2 bridgehead atoms. The Bertz CT molecular complexity index is 442. The van der Waals surface area contributed by atoms with Gasteiger partial charge in [-0.25, -0.2) is 0 Å². The van der Waals surface area contributed by atoms with Gasteiger partial charge in [0.2, 0.25) is 0 Å². The number of ether oxygens (including phenoxy) is 2. The van der Waals surface area contributed by atoms with Crippen LogP contribution in [-0.2, 0) is 20.3 Å². The standard InChI is InChI=1S/C17H30O4S/c1-6-20-15(21-7-2)12(3)22(19)11-17-9-8-13(10-14(17)18)16(17,4)5/h13-15,18H,3,6-11H2,1-2,4-5H3/t13-,14-,17-,22?/m1/s1. The Balaban J connectivity index is 2.12. The summed E-state index contributed by atoms with van der Waals surface area (Å²) >= 11 is 0. The Kier molecular flexibility index (Phi) is 5.53. The maximum absolute atomic E-state index is 12.8. The summed E-state index contributed by atoms with van der Waals surface area (Å²) in [5.41, 5.74) is -0.247. The first kappa shape index (κ1) is 18.1. The highest BCUT2D eigenvalue weighted by Crippen LogP contribution is 2.66. The molecule has 0 aromatic carbocycles. The van der Waals surface area contributed by atoms with E-state index in [9.17, 15) is 9.32 Å². The van der Waals surface area contributed by atoms with E-state index in [-0.39, 0.29) is 16.9 Å². The number of aliphatic hydroxyl groups is 1. The Morgan fingerprint density at radius 3 is 2.36 bits per heavy atom. The van der Waals surface area contributed by atoms with Crippen molar-refractivity contribution >= 4 is 10.8 Å². The molecule has 0 radical (unpaired) electrons. The minimum atomic E-state index is -1.27. The smallest absolute Gasteiger partial charge is 0.191 e. The third kappa shape index (κ3) is 2.81. The van der Waals surface area contributed by atoms with Gasteiger partial charge < -0.3 is 14.6 Å². The normalized spacial score (nSPS) is 34.3. The maximum atomic E-state index is 12.8. The average molecular weight is 330 g/mol. The van der Waals surface area contributed by atoms with Crippen molar-refractivity contribution in [3.05, 3.63) is 11.5 Å². The predicted molar refractivity (Wildman–Crippen MR) is 88.8 cm³/mol. The molecule has 0 saturated heterocycles. The SMILES string of the molecule is C=C(C(OCC)OCC)S(=O)C[C@]12CC[C@H](C[C@H]1O)C2(C)C. The molecule has 0 aromatic rings. The summed E-state index contributed by atoms with van der Waals surface area (Å²) in [6.45, 7) is 13.1. The van der Waals surface area contributed by atoms with Crippen molar-refractivity contribution in [2.45, 2.75) is 59.4 Å². The summed E-state index contributed by atoms with van der Waals surface area (Å²) in [5, 5.41) is 10.6. The van der Waals surface area contributed by atoms with E-state index < -0.39 is 17.1 Å². The fourth-order valence-corrected chi connectivity index (χ4v) is 6.06. The second-order valence-corrected chi connectivity index (χ2v) is 8.57. The van der Waals surface area contributed by atoms with E-state index in [4.69, 9.17) is 9.47 Å². The van der Waals surface area contributed by atoms with Crippen LogP contribution < -0.4 is 0 Å². The van der Waals surface area contributed by atoms with E-state index in [0.717, 1.165) is 19.3 Å². The lowest BCUT2D eigenvalue weighted by Gasteiger charge is -2.40. The molecule has 0 heterocycles. The second-order valence-electron chi connectivity index (χ2n) is 7.06. The molecule has 2 aliphatic rings.